The summed E-state index contributed by atoms with van der Waals surface area (Å²) in [5.74, 6) is 1.11. The summed E-state index contributed by atoms with van der Waals surface area (Å²) >= 11 is 3.23. The van der Waals surface area contributed by atoms with E-state index < -0.39 is 0 Å². The Balaban J connectivity index is 2.04. The number of fused-ring (bicyclic) bond motifs is 1. The summed E-state index contributed by atoms with van der Waals surface area (Å²) in [7, 11) is 0. The van der Waals surface area contributed by atoms with Crippen molar-refractivity contribution in [2.45, 2.75) is 31.7 Å². The fourth-order valence-corrected chi connectivity index (χ4v) is 2.94. The molecular weight excluding hydrogens is 218 g/mol. The van der Waals surface area contributed by atoms with Gasteiger partial charge in [0, 0.05) is 12.6 Å². The van der Waals surface area contributed by atoms with Crippen molar-refractivity contribution in [2.24, 2.45) is 5.92 Å². The molecule has 0 N–H and O–H groups in total. The predicted octanol–water partition coefficient (Wildman–Crippen LogP) is 1.78. The highest BCUT2D eigenvalue weighted by Gasteiger charge is 2.39. The molecule has 1 saturated heterocycles. The van der Waals surface area contributed by atoms with Crippen LogP contribution in [0.5, 0.6) is 0 Å². The topological polar surface area (TPSA) is 20.3 Å². The molecule has 1 aliphatic carbocycles. The van der Waals surface area contributed by atoms with E-state index in [2.05, 4.69) is 20.8 Å². The number of carbonyl (C=O) groups is 1. The molecule has 0 aromatic carbocycles. The van der Waals surface area contributed by atoms with E-state index in [0.717, 1.165) is 12.5 Å². The Morgan fingerprint density at radius 2 is 2.25 bits per heavy atom. The highest BCUT2D eigenvalue weighted by atomic mass is 79.9. The minimum atomic E-state index is 0.282. The number of halogens is 1. The Labute approximate surface area is 81.4 Å². The molecule has 2 fully saturated rings. The number of rotatable bonds is 1. The summed E-state index contributed by atoms with van der Waals surface area (Å²) in [4.78, 5) is 13.5. The third kappa shape index (κ3) is 1.28. The molecule has 0 bridgehead atoms. The van der Waals surface area contributed by atoms with E-state index in [1.807, 2.05) is 0 Å². The largest absolute Gasteiger partial charge is 0.339 e. The summed E-state index contributed by atoms with van der Waals surface area (Å²) in [5, 5.41) is 0.496. The number of carbonyl (C=O) groups excluding carboxylic acids is 1. The Kier molecular flexibility index (Phi) is 2.40. The van der Waals surface area contributed by atoms with Crippen molar-refractivity contribution >= 4 is 21.8 Å². The fourth-order valence-electron chi connectivity index (χ4n) is 2.62. The maximum absolute atomic E-state index is 11.4. The SMILES string of the molecule is O=C(CBr)N1CCC2CCCC21. The zero-order valence-electron chi connectivity index (χ0n) is 7.13. The van der Waals surface area contributed by atoms with Crippen molar-refractivity contribution in [2.75, 3.05) is 11.9 Å². The van der Waals surface area contributed by atoms with Gasteiger partial charge in [0.25, 0.3) is 0 Å². The number of hydrogen-bond donors (Lipinski definition) is 0. The lowest BCUT2D eigenvalue weighted by atomic mass is 10.1. The molecule has 1 aliphatic heterocycles. The van der Waals surface area contributed by atoms with Crippen molar-refractivity contribution in [3.8, 4) is 0 Å². The minimum Gasteiger partial charge on any atom is -0.339 e. The van der Waals surface area contributed by atoms with Gasteiger partial charge in [0.15, 0.2) is 0 Å². The van der Waals surface area contributed by atoms with Crippen LogP contribution in [0, 0.1) is 5.92 Å². The van der Waals surface area contributed by atoms with E-state index in [4.69, 9.17) is 0 Å². The first kappa shape index (κ1) is 8.54. The number of nitrogens with zero attached hydrogens (tertiary/aromatic N) is 1. The Morgan fingerprint density at radius 1 is 1.42 bits per heavy atom. The number of hydrogen-bond acceptors (Lipinski definition) is 1. The van der Waals surface area contributed by atoms with Gasteiger partial charge in [-0.3, -0.25) is 4.79 Å². The summed E-state index contributed by atoms with van der Waals surface area (Å²) < 4.78 is 0. The molecular formula is C9H14BrNO. The van der Waals surface area contributed by atoms with Crippen molar-refractivity contribution in [1.82, 2.24) is 4.90 Å². The zero-order valence-corrected chi connectivity index (χ0v) is 8.72. The lowest BCUT2D eigenvalue weighted by Gasteiger charge is -2.22. The van der Waals surface area contributed by atoms with Gasteiger partial charge in [-0.25, -0.2) is 0 Å². The van der Waals surface area contributed by atoms with Crippen molar-refractivity contribution < 1.29 is 4.79 Å². The van der Waals surface area contributed by atoms with E-state index in [0.29, 0.717) is 11.4 Å². The van der Waals surface area contributed by atoms with E-state index in [9.17, 15) is 4.79 Å². The minimum absolute atomic E-state index is 0.282. The van der Waals surface area contributed by atoms with Crippen molar-refractivity contribution in [3.05, 3.63) is 0 Å². The molecule has 0 radical (unpaired) electrons. The molecule has 1 saturated carbocycles. The normalized spacial score (nSPS) is 33.9. The van der Waals surface area contributed by atoms with Gasteiger partial charge >= 0.3 is 0 Å². The van der Waals surface area contributed by atoms with Crippen LogP contribution in [-0.2, 0) is 4.79 Å². The molecule has 2 atom stereocenters. The van der Waals surface area contributed by atoms with Crippen LogP contribution in [-0.4, -0.2) is 28.7 Å². The molecule has 2 aliphatic rings. The summed E-state index contributed by atoms with van der Waals surface area (Å²) in [6, 6.07) is 0.593. The number of alkyl halides is 1. The van der Waals surface area contributed by atoms with E-state index >= 15 is 0 Å². The summed E-state index contributed by atoms with van der Waals surface area (Å²) in [6.07, 6.45) is 5.14. The van der Waals surface area contributed by atoms with Gasteiger partial charge in [0.05, 0.1) is 5.33 Å². The molecule has 2 rings (SSSR count). The van der Waals surface area contributed by atoms with E-state index in [-0.39, 0.29) is 5.91 Å². The molecule has 0 aromatic rings. The van der Waals surface area contributed by atoms with Crippen LogP contribution in [0.2, 0.25) is 0 Å². The standard InChI is InChI=1S/C9H14BrNO/c10-6-9(12)11-5-4-7-2-1-3-8(7)11/h7-8H,1-6H2. The van der Waals surface area contributed by atoms with Crippen LogP contribution in [0.3, 0.4) is 0 Å². The third-order valence-corrected chi connectivity index (χ3v) is 3.67. The van der Waals surface area contributed by atoms with Gasteiger partial charge in [-0.1, -0.05) is 22.4 Å². The molecule has 1 amide bonds. The molecule has 0 aromatic heterocycles. The van der Waals surface area contributed by atoms with Gasteiger partial charge in [-0.2, -0.15) is 0 Å². The summed E-state index contributed by atoms with van der Waals surface area (Å²) in [5.41, 5.74) is 0. The highest BCUT2D eigenvalue weighted by Crippen LogP contribution is 2.37. The van der Waals surface area contributed by atoms with Gasteiger partial charge in [0.2, 0.25) is 5.91 Å². The number of likely N-dealkylation sites (tertiary alicyclic amines) is 1. The Hall–Kier alpha value is -0.0500. The average molecular weight is 232 g/mol. The quantitative estimate of drug-likeness (QED) is 0.631. The molecule has 12 heavy (non-hydrogen) atoms. The average Bonchev–Trinajstić information content (AvgIpc) is 2.62. The number of amides is 1. The first-order chi connectivity index (χ1) is 5.83. The maximum Gasteiger partial charge on any atom is 0.233 e. The van der Waals surface area contributed by atoms with Crippen LogP contribution in [0.25, 0.3) is 0 Å². The van der Waals surface area contributed by atoms with Crippen LogP contribution in [0.4, 0.5) is 0 Å². The molecule has 2 nitrogen and oxygen atoms in total. The lowest BCUT2D eigenvalue weighted by molar-refractivity contribution is -0.129. The maximum atomic E-state index is 11.4. The zero-order chi connectivity index (χ0) is 8.55. The monoisotopic (exact) mass is 231 g/mol. The van der Waals surface area contributed by atoms with E-state index in [1.54, 1.807) is 0 Å². The second kappa shape index (κ2) is 3.36. The van der Waals surface area contributed by atoms with Crippen LogP contribution in [0.15, 0.2) is 0 Å². The predicted molar refractivity (Wildman–Crippen MR) is 51.3 cm³/mol. The van der Waals surface area contributed by atoms with Crippen LogP contribution in [0.1, 0.15) is 25.7 Å². The fraction of sp³-hybridized carbons (Fsp3) is 0.889. The second-order valence-corrected chi connectivity index (χ2v) is 4.33. The molecule has 1 heterocycles. The third-order valence-electron chi connectivity index (χ3n) is 3.19. The second-order valence-electron chi connectivity index (χ2n) is 3.77. The summed E-state index contributed by atoms with van der Waals surface area (Å²) in [6.45, 7) is 1.000. The first-order valence-electron chi connectivity index (χ1n) is 4.68. The molecule has 3 heteroatoms. The molecule has 2 unspecified atom stereocenters. The first-order valence-corrected chi connectivity index (χ1v) is 5.80. The van der Waals surface area contributed by atoms with Crippen molar-refractivity contribution in [1.29, 1.82) is 0 Å². The molecule has 0 spiro atoms. The lowest BCUT2D eigenvalue weighted by Crippen LogP contribution is -2.36. The van der Waals surface area contributed by atoms with Crippen molar-refractivity contribution in [3.63, 3.8) is 0 Å². The Bertz CT molecular complexity index is 195. The highest BCUT2D eigenvalue weighted by molar-refractivity contribution is 9.09. The van der Waals surface area contributed by atoms with Gasteiger partial charge in [-0.05, 0) is 25.2 Å². The van der Waals surface area contributed by atoms with Crippen LogP contribution < -0.4 is 0 Å². The molecule has 68 valence electrons. The van der Waals surface area contributed by atoms with Gasteiger partial charge in [-0.15, -0.1) is 0 Å². The van der Waals surface area contributed by atoms with E-state index in [1.165, 1.54) is 25.7 Å². The van der Waals surface area contributed by atoms with Crippen LogP contribution >= 0.6 is 15.9 Å². The van der Waals surface area contributed by atoms with Gasteiger partial charge < -0.3 is 4.90 Å². The Morgan fingerprint density at radius 3 is 3.00 bits per heavy atom. The smallest absolute Gasteiger partial charge is 0.233 e. The van der Waals surface area contributed by atoms with Gasteiger partial charge in [0.1, 0.15) is 0 Å².